The number of nitrogens with zero attached hydrogens (tertiary/aromatic N) is 2. The summed E-state index contributed by atoms with van der Waals surface area (Å²) in [7, 11) is 0. The van der Waals surface area contributed by atoms with Crippen LogP contribution in [0.25, 0.3) is 0 Å². The molecule has 1 rings (SSSR count). The standard InChI is InChI=1S/C15H18N2O8/c1-2-6-24-14(18)4-3-5-15(19)25-10-11-7-12(16(20)21)9-13(8-11)17(22)23/h7-9H,2-6,10H2,1H3. The molecule has 0 aliphatic heterocycles. The number of carbonyl (C=O) groups excluding carboxylic acids is 2. The quantitative estimate of drug-likeness (QED) is 0.355. The second kappa shape index (κ2) is 9.96. The van der Waals surface area contributed by atoms with Gasteiger partial charge < -0.3 is 9.47 Å². The Kier molecular flexibility index (Phi) is 7.97. The number of hydrogen-bond acceptors (Lipinski definition) is 8. The molecular weight excluding hydrogens is 336 g/mol. The van der Waals surface area contributed by atoms with Crippen molar-refractivity contribution in [3.05, 3.63) is 44.0 Å². The van der Waals surface area contributed by atoms with Gasteiger partial charge >= 0.3 is 11.9 Å². The van der Waals surface area contributed by atoms with E-state index in [1.165, 1.54) is 0 Å². The summed E-state index contributed by atoms with van der Waals surface area (Å²) >= 11 is 0. The number of ether oxygens (including phenoxy) is 2. The van der Waals surface area contributed by atoms with Crippen LogP contribution in [0.3, 0.4) is 0 Å². The minimum atomic E-state index is -0.764. The van der Waals surface area contributed by atoms with Crippen LogP contribution in [0.2, 0.25) is 0 Å². The Morgan fingerprint density at radius 3 is 1.96 bits per heavy atom. The first kappa shape index (κ1) is 20.0. The van der Waals surface area contributed by atoms with Crippen LogP contribution in [0, 0.1) is 20.2 Å². The highest BCUT2D eigenvalue weighted by molar-refractivity contribution is 5.72. The Bertz CT molecular complexity index is 627. The molecule has 0 aromatic heterocycles. The van der Waals surface area contributed by atoms with Crippen LogP contribution in [0.1, 0.15) is 38.2 Å². The minimum Gasteiger partial charge on any atom is -0.466 e. The molecule has 0 radical (unpaired) electrons. The van der Waals surface area contributed by atoms with Gasteiger partial charge in [0.1, 0.15) is 6.61 Å². The first-order valence-corrected chi connectivity index (χ1v) is 7.57. The largest absolute Gasteiger partial charge is 0.466 e. The Morgan fingerprint density at radius 2 is 1.48 bits per heavy atom. The molecular formula is C15H18N2O8. The molecule has 0 saturated heterocycles. The highest BCUT2D eigenvalue weighted by atomic mass is 16.6. The van der Waals surface area contributed by atoms with Crippen molar-refractivity contribution in [2.75, 3.05) is 6.61 Å². The summed E-state index contributed by atoms with van der Waals surface area (Å²) in [6, 6.07) is 3.03. The molecule has 0 aliphatic carbocycles. The first-order chi connectivity index (χ1) is 11.8. The van der Waals surface area contributed by atoms with Crippen molar-refractivity contribution in [2.24, 2.45) is 0 Å². The third-order valence-electron chi connectivity index (χ3n) is 3.01. The molecule has 0 aliphatic rings. The van der Waals surface area contributed by atoms with Gasteiger partial charge in [-0.05, 0) is 12.8 Å². The smallest absolute Gasteiger partial charge is 0.306 e. The molecule has 1 aromatic carbocycles. The Hall–Kier alpha value is -3.04. The molecule has 0 bridgehead atoms. The zero-order valence-electron chi connectivity index (χ0n) is 13.6. The van der Waals surface area contributed by atoms with Crippen molar-refractivity contribution >= 4 is 23.3 Å². The van der Waals surface area contributed by atoms with Gasteiger partial charge in [0.25, 0.3) is 11.4 Å². The van der Waals surface area contributed by atoms with Crippen molar-refractivity contribution in [1.82, 2.24) is 0 Å². The maximum Gasteiger partial charge on any atom is 0.306 e. The molecule has 0 heterocycles. The van der Waals surface area contributed by atoms with E-state index in [0.717, 1.165) is 18.2 Å². The lowest BCUT2D eigenvalue weighted by molar-refractivity contribution is -0.394. The van der Waals surface area contributed by atoms with Crippen molar-refractivity contribution in [2.45, 2.75) is 39.2 Å². The summed E-state index contributed by atoms with van der Waals surface area (Å²) in [4.78, 5) is 42.9. The molecule has 0 fully saturated rings. The number of benzene rings is 1. The predicted molar refractivity (Wildman–Crippen MR) is 84.6 cm³/mol. The fourth-order valence-corrected chi connectivity index (χ4v) is 1.85. The number of nitro benzene ring substituents is 2. The van der Waals surface area contributed by atoms with E-state index in [1.807, 2.05) is 6.92 Å². The average Bonchev–Trinajstić information content (AvgIpc) is 2.57. The summed E-state index contributed by atoms with van der Waals surface area (Å²) in [6.07, 6.45) is 1.01. The maximum atomic E-state index is 11.6. The van der Waals surface area contributed by atoms with Crippen LogP contribution in [-0.2, 0) is 25.7 Å². The van der Waals surface area contributed by atoms with Gasteiger partial charge in [-0.2, -0.15) is 0 Å². The Balaban J connectivity index is 2.51. The van der Waals surface area contributed by atoms with Crippen molar-refractivity contribution in [3.63, 3.8) is 0 Å². The normalized spacial score (nSPS) is 10.1. The second-order valence-corrected chi connectivity index (χ2v) is 5.11. The molecule has 136 valence electrons. The summed E-state index contributed by atoms with van der Waals surface area (Å²) < 4.78 is 9.78. The van der Waals surface area contributed by atoms with Crippen LogP contribution in [0.5, 0.6) is 0 Å². The summed E-state index contributed by atoms with van der Waals surface area (Å²) in [5, 5.41) is 21.6. The Labute approximate surface area is 143 Å². The van der Waals surface area contributed by atoms with Crippen molar-refractivity contribution in [3.8, 4) is 0 Å². The van der Waals surface area contributed by atoms with Crippen molar-refractivity contribution in [1.29, 1.82) is 0 Å². The van der Waals surface area contributed by atoms with E-state index in [4.69, 9.17) is 9.47 Å². The average molecular weight is 354 g/mol. The second-order valence-electron chi connectivity index (χ2n) is 5.11. The van der Waals surface area contributed by atoms with Gasteiger partial charge in [-0.3, -0.25) is 29.8 Å². The number of hydrogen-bond donors (Lipinski definition) is 0. The zero-order chi connectivity index (χ0) is 18.8. The molecule has 25 heavy (non-hydrogen) atoms. The molecule has 0 spiro atoms. The number of esters is 2. The molecule has 0 atom stereocenters. The van der Waals surface area contributed by atoms with Crippen LogP contribution < -0.4 is 0 Å². The van der Waals surface area contributed by atoms with Gasteiger partial charge in [0, 0.05) is 30.5 Å². The Morgan fingerprint density at radius 1 is 0.960 bits per heavy atom. The summed E-state index contributed by atoms with van der Waals surface area (Å²) in [6.45, 7) is 1.86. The SMILES string of the molecule is CCCOC(=O)CCCC(=O)OCc1cc([N+](=O)[O-])cc([N+](=O)[O-])c1. The van der Waals surface area contributed by atoms with Gasteiger partial charge in [-0.15, -0.1) is 0 Å². The molecule has 0 saturated carbocycles. The lowest BCUT2D eigenvalue weighted by Crippen LogP contribution is -2.08. The third kappa shape index (κ3) is 7.38. The third-order valence-corrected chi connectivity index (χ3v) is 3.01. The number of carbonyl (C=O) groups is 2. The molecule has 1 aromatic rings. The van der Waals surface area contributed by atoms with E-state index in [2.05, 4.69) is 0 Å². The fourth-order valence-electron chi connectivity index (χ4n) is 1.85. The van der Waals surface area contributed by atoms with E-state index in [9.17, 15) is 29.8 Å². The van der Waals surface area contributed by atoms with E-state index in [-0.39, 0.29) is 31.4 Å². The predicted octanol–water partition coefficient (Wildman–Crippen LogP) is 2.67. The van der Waals surface area contributed by atoms with Crippen LogP contribution in [0.4, 0.5) is 11.4 Å². The van der Waals surface area contributed by atoms with Crippen molar-refractivity contribution < 1.29 is 28.9 Å². The van der Waals surface area contributed by atoms with Gasteiger partial charge in [-0.25, -0.2) is 0 Å². The fraction of sp³-hybridized carbons (Fsp3) is 0.467. The summed E-state index contributed by atoms with van der Waals surface area (Å²) in [5.74, 6) is -1.01. The highest BCUT2D eigenvalue weighted by Gasteiger charge is 2.17. The maximum absolute atomic E-state index is 11.6. The minimum absolute atomic E-state index is 0.0295. The van der Waals surface area contributed by atoms with E-state index in [1.54, 1.807) is 0 Å². The molecule has 10 heteroatoms. The lowest BCUT2D eigenvalue weighted by atomic mass is 10.2. The van der Waals surface area contributed by atoms with E-state index >= 15 is 0 Å². The number of rotatable bonds is 10. The van der Waals surface area contributed by atoms with E-state index in [0.29, 0.717) is 13.0 Å². The highest BCUT2D eigenvalue weighted by Crippen LogP contribution is 2.23. The topological polar surface area (TPSA) is 139 Å². The lowest BCUT2D eigenvalue weighted by Gasteiger charge is -2.06. The van der Waals surface area contributed by atoms with Gasteiger partial charge in [0.05, 0.1) is 22.5 Å². The monoisotopic (exact) mass is 354 g/mol. The first-order valence-electron chi connectivity index (χ1n) is 7.57. The number of non-ortho nitro benzene ring substituents is 2. The van der Waals surface area contributed by atoms with Gasteiger partial charge in [-0.1, -0.05) is 6.92 Å². The zero-order valence-corrected chi connectivity index (χ0v) is 13.6. The number of nitro groups is 2. The van der Waals surface area contributed by atoms with E-state index < -0.39 is 33.2 Å². The molecule has 0 N–H and O–H groups in total. The summed E-state index contributed by atoms with van der Waals surface area (Å²) in [5.41, 5.74) is -0.783. The van der Waals surface area contributed by atoms with Crippen LogP contribution in [-0.4, -0.2) is 28.4 Å². The molecule has 0 unspecified atom stereocenters. The molecule has 0 amide bonds. The molecule has 10 nitrogen and oxygen atoms in total. The van der Waals surface area contributed by atoms with Gasteiger partial charge in [0.2, 0.25) is 0 Å². The van der Waals surface area contributed by atoms with Crippen LogP contribution in [0.15, 0.2) is 18.2 Å². The van der Waals surface area contributed by atoms with Gasteiger partial charge in [0.15, 0.2) is 0 Å². The van der Waals surface area contributed by atoms with Crippen LogP contribution >= 0.6 is 0 Å².